The summed E-state index contributed by atoms with van der Waals surface area (Å²) in [7, 11) is 3.53. The van der Waals surface area contributed by atoms with Crippen LogP contribution in [0.2, 0.25) is 5.02 Å². The Morgan fingerprint density at radius 3 is 2.57 bits per heavy atom. The molecule has 122 valence electrons. The van der Waals surface area contributed by atoms with Crippen molar-refractivity contribution in [3.8, 4) is 5.75 Å². The van der Waals surface area contributed by atoms with E-state index in [9.17, 15) is 4.79 Å². The monoisotopic (exact) mass is 332 g/mol. The third-order valence-electron chi connectivity index (χ3n) is 3.76. The van der Waals surface area contributed by atoms with Crippen molar-refractivity contribution in [3.05, 3.63) is 59.1 Å². The van der Waals surface area contributed by atoms with Crippen molar-refractivity contribution in [3.63, 3.8) is 0 Å². The number of nitrogens with one attached hydrogen (secondary N) is 1. The van der Waals surface area contributed by atoms with Crippen LogP contribution in [0.1, 0.15) is 18.5 Å². The molecule has 0 aliphatic carbocycles. The van der Waals surface area contributed by atoms with Gasteiger partial charge in [-0.2, -0.15) is 0 Å². The topological polar surface area (TPSA) is 41.6 Å². The molecule has 5 heteroatoms. The van der Waals surface area contributed by atoms with Crippen molar-refractivity contribution in [2.75, 3.05) is 26.0 Å². The van der Waals surface area contributed by atoms with Crippen LogP contribution >= 0.6 is 11.6 Å². The molecule has 0 bridgehead atoms. The molecule has 23 heavy (non-hydrogen) atoms. The highest BCUT2D eigenvalue weighted by Crippen LogP contribution is 2.22. The number of nitrogens with zero attached hydrogens (tertiary/aromatic N) is 1. The molecule has 0 aromatic heterocycles. The predicted octanol–water partition coefficient (Wildman–Crippen LogP) is 3.98. The third-order valence-corrected chi connectivity index (χ3v) is 3.99. The second-order valence-electron chi connectivity index (χ2n) is 5.42. The normalized spacial score (nSPS) is 12.0. The fourth-order valence-electron chi connectivity index (χ4n) is 2.26. The number of hydrogen-bond acceptors (Lipinski definition) is 3. The number of anilines is 1. The average molecular weight is 333 g/mol. The van der Waals surface area contributed by atoms with Gasteiger partial charge in [0.2, 0.25) is 5.91 Å². The first-order valence-corrected chi connectivity index (χ1v) is 7.77. The molecule has 4 nitrogen and oxygen atoms in total. The summed E-state index contributed by atoms with van der Waals surface area (Å²) in [5, 5.41) is 3.58. The first kappa shape index (κ1) is 17.3. The van der Waals surface area contributed by atoms with Gasteiger partial charge in [0.1, 0.15) is 5.75 Å². The number of hydrogen-bond donors (Lipinski definition) is 1. The molecule has 0 radical (unpaired) electrons. The largest absolute Gasteiger partial charge is 0.497 e. The van der Waals surface area contributed by atoms with Crippen LogP contribution in [-0.2, 0) is 4.79 Å². The maximum atomic E-state index is 12.2. The summed E-state index contributed by atoms with van der Waals surface area (Å²) in [5.74, 6) is 0.696. The molecule has 2 rings (SSSR count). The number of likely N-dealkylation sites (N-methyl/N-ethyl adjacent to an activating group) is 1. The van der Waals surface area contributed by atoms with Gasteiger partial charge in [-0.05, 0) is 55.9 Å². The Hall–Kier alpha value is -2.04. The Balaban J connectivity index is 1.93. The van der Waals surface area contributed by atoms with E-state index in [-0.39, 0.29) is 11.9 Å². The highest BCUT2D eigenvalue weighted by atomic mass is 35.5. The first-order chi connectivity index (χ1) is 11.0. The van der Waals surface area contributed by atoms with E-state index in [4.69, 9.17) is 16.3 Å². The molecule has 0 saturated carbocycles. The lowest BCUT2D eigenvalue weighted by Gasteiger charge is -2.24. The van der Waals surface area contributed by atoms with Gasteiger partial charge in [-0.25, -0.2) is 0 Å². The van der Waals surface area contributed by atoms with E-state index in [1.165, 1.54) is 0 Å². The summed E-state index contributed by atoms with van der Waals surface area (Å²) in [5.41, 5.74) is 1.83. The van der Waals surface area contributed by atoms with Crippen LogP contribution in [0, 0.1) is 0 Å². The Labute approximate surface area is 142 Å². The van der Waals surface area contributed by atoms with Gasteiger partial charge in [0, 0.05) is 16.8 Å². The molecular weight excluding hydrogens is 312 g/mol. The van der Waals surface area contributed by atoms with Crippen LogP contribution in [0.5, 0.6) is 5.75 Å². The number of rotatable bonds is 6. The third kappa shape index (κ3) is 4.98. The summed E-state index contributed by atoms with van der Waals surface area (Å²) < 4.78 is 5.10. The summed E-state index contributed by atoms with van der Waals surface area (Å²) >= 11 is 6.02. The lowest BCUT2D eigenvalue weighted by atomic mass is 10.1. The molecule has 0 aliphatic heterocycles. The smallest absolute Gasteiger partial charge is 0.238 e. The quantitative estimate of drug-likeness (QED) is 0.870. The van der Waals surface area contributed by atoms with Gasteiger partial charge in [0.25, 0.3) is 0 Å². The van der Waals surface area contributed by atoms with Crippen molar-refractivity contribution >= 4 is 23.2 Å². The first-order valence-electron chi connectivity index (χ1n) is 7.39. The molecule has 0 heterocycles. The molecular formula is C18H21ClN2O2. The van der Waals surface area contributed by atoms with E-state index in [1.54, 1.807) is 7.11 Å². The van der Waals surface area contributed by atoms with Gasteiger partial charge in [-0.3, -0.25) is 9.69 Å². The fraction of sp³-hybridized carbons (Fsp3) is 0.278. The Bertz CT molecular complexity index is 658. The number of halogens is 1. The molecule has 0 aliphatic rings. The van der Waals surface area contributed by atoms with Crippen LogP contribution in [0.4, 0.5) is 5.69 Å². The highest BCUT2D eigenvalue weighted by molar-refractivity contribution is 6.30. The Morgan fingerprint density at radius 2 is 1.96 bits per heavy atom. The summed E-state index contributed by atoms with van der Waals surface area (Å²) in [6, 6.07) is 15.0. The van der Waals surface area contributed by atoms with E-state index < -0.39 is 0 Å². The Kier molecular flexibility index (Phi) is 6.02. The van der Waals surface area contributed by atoms with E-state index >= 15 is 0 Å². The lowest BCUT2D eigenvalue weighted by molar-refractivity contribution is -0.117. The molecule has 0 saturated heterocycles. The van der Waals surface area contributed by atoms with Crippen LogP contribution in [0.25, 0.3) is 0 Å². The van der Waals surface area contributed by atoms with Gasteiger partial charge >= 0.3 is 0 Å². The highest BCUT2D eigenvalue weighted by Gasteiger charge is 2.15. The number of amides is 1. The van der Waals surface area contributed by atoms with Crippen LogP contribution in [0.3, 0.4) is 0 Å². The second-order valence-corrected chi connectivity index (χ2v) is 5.86. The minimum atomic E-state index is -0.0634. The Morgan fingerprint density at radius 1 is 1.26 bits per heavy atom. The minimum absolute atomic E-state index is 0.0634. The molecule has 2 aromatic rings. The molecule has 0 spiro atoms. The number of carbonyl (C=O) groups excluding carboxylic acids is 1. The number of methoxy groups -OCH3 is 1. The van der Waals surface area contributed by atoms with Crippen LogP contribution in [-0.4, -0.2) is 31.5 Å². The zero-order valence-corrected chi connectivity index (χ0v) is 14.3. The number of carbonyl (C=O) groups is 1. The van der Waals surface area contributed by atoms with Crippen LogP contribution in [0.15, 0.2) is 48.5 Å². The summed E-state index contributed by atoms with van der Waals surface area (Å²) in [6.45, 7) is 2.34. The van der Waals surface area contributed by atoms with Crippen molar-refractivity contribution in [1.82, 2.24) is 4.90 Å². The van der Waals surface area contributed by atoms with Gasteiger partial charge in [0.05, 0.1) is 13.7 Å². The molecule has 0 fully saturated rings. The number of benzene rings is 2. The van der Waals surface area contributed by atoms with E-state index in [0.717, 1.165) is 17.0 Å². The zero-order valence-electron chi connectivity index (χ0n) is 13.5. The fourth-order valence-corrected chi connectivity index (χ4v) is 2.46. The van der Waals surface area contributed by atoms with Crippen molar-refractivity contribution in [2.24, 2.45) is 0 Å². The van der Waals surface area contributed by atoms with Crippen molar-refractivity contribution < 1.29 is 9.53 Å². The molecule has 1 amide bonds. The van der Waals surface area contributed by atoms with Crippen molar-refractivity contribution in [1.29, 1.82) is 0 Å². The zero-order chi connectivity index (χ0) is 16.8. The maximum absolute atomic E-state index is 12.2. The second kappa shape index (κ2) is 7.99. The maximum Gasteiger partial charge on any atom is 0.238 e. The van der Waals surface area contributed by atoms with Gasteiger partial charge in [-0.15, -0.1) is 0 Å². The predicted molar refractivity (Wildman–Crippen MR) is 94.1 cm³/mol. The van der Waals surface area contributed by atoms with E-state index in [1.807, 2.05) is 67.4 Å². The van der Waals surface area contributed by atoms with Crippen LogP contribution < -0.4 is 10.1 Å². The summed E-state index contributed by atoms with van der Waals surface area (Å²) in [4.78, 5) is 14.1. The van der Waals surface area contributed by atoms with E-state index in [2.05, 4.69) is 5.32 Å². The lowest BCUT2D eigenvalue weighted by Crippen LogP contribution is -2.32. The number of ether oxygens (including phenoxy) is 1. The minimum Gasteiger partial charge on any atom is -0.497 e. The molecule has 1 unspecified atom stereocenters. The standard InChI is InChI=1S/C18H21ClN2O2/c1-13(14-5-4-6-15(19)11-14)21(2)12-18(22)20-16-7-9-17(23-3)10-8-16/h4-11,13H,12H2,1-3H3,(H,20,22). The molecule has 1 N–H and O–H groups in total. The van der Waals surface area contributed by atoms with Gasteiger partial charge in [0.15, 0.2) is 0 Å². The molecule has 1 atom stereocenters. The summed E-state index contributed by atoms with van der Waals surface area (Å²) in [6.07, 6.45) is 0. The SMILES string of the molecule is COc1ccc(NC(=O)CN(C)C(C)c2cccc(Cl)c2)cc1. The van der Waals surface area contributed by atoms with Gasteiger partial charge in [-0.1, -0.05) is 23.7 Å². The van der Waals surface area contributed by atoms with E-state index in [0.29, 0.717) is 11.6 Å². The molecule has 2 aromatic carbocycles. The van der Waals surface area contributed by atoms with Crippen molar-refractivity contribution in [2.45, 2.75) is 13.0 Å². The van der Waals surface area contributed by atoms with Gasteiger partial charge < -0.3 is 10.1 Å². The average Bonchev–Trinajstić information content (AvgIpc) is 2.54.